The Morgan fingerprint density at radius 3 is 3.00 bits per heavy atom. The number of hydrogen-bond donors (Lipinski definition) is 2. The largest absolute Gasteiger partial charge is 0.395 e. The van der Waals surface area contributed by atoms with E-state index in [2.05, 4.69) is 35.5 Å². The third kappa shape index (κ3) is 3.32. The number of nitrogens with one attached hydrogen (secondary N) is 1. The number of nitrogens with zero attached hydrogens (tertiary/aromatic N) is 1. The maximum absolute atomic E-state index is 9.27. The summed E-state index contributed by atoms with van der Waals surface area (Å²) in [5.41, 5.74) is 1.37. The third-order valence-corrected chi connectivity index (χ3v) is 5.02. The molecule has 1 aliphatic heterocycles. The summed E-state index contributed by atoms with van der Waals surface area (Å²) < 4.78 is 0. The van der Waals surface area contributed by atoms with E-state index >= 15 is 0 Å². The summed E-state index contributed by atoms with van der Waals surface area (Å²) in [4.78, 5) is 3.84. The molecule has 2 unspecified atom stereocenters. The Morgan fingerprint density at radius 2 is 2.44 bits per heavy atom. The maximum atomic E-state index is 9.27. The molecule has 1 aromatic heterocycles. The molecule has 2 atom stereocenters. The predicted octanol–water partition coefficient (Wildman–Crippen LogP) is 2.16. The molecule has 102 valence electrons. The van der Waals surface area contributed by atoms with Crippen molar-refractivity contribution < 1.29 is 5.11 Å². The highest BCUT2D eigenvalue weighted by Gasteiger charge is 2.23. The molecule has 0 bridgehead atoms. The summed E-state index contributed by atoms with van der Waals surface area (Å²) in [6.45, 7) is 7.61. The molecule has 0 aromatic carbocycles. The first-order valence-corrected chi connectivity index (χ1v) is 7.72. The summed E-state index contributed by atoms with van der Waals surface area (Å²) >= 11 is 1.83. The Balaban J connectivity index is 2.01. The Bertz CT molecular complexity index is 360. The van der Waals surface area contributed by atoms with Gasteiger partial charge in [-0.3, -0.25) is 4.90 Å². The van der Waals surface area contributed by atoms with Crippen LogP contribution in [0.25, 0.3) is 0 Å². The van der Waals surface area contributed by atoms with Gasteiger partial charge in [0.1, 0.15) is 0 Å². The summed E-state index contributed by atoms with van der Waals surface area (Å²) in [6, 6.07) is 3.18. The SMILES string of the molecule is Cc1ccsc1C(C)N(CCO)CC1CCCN1. The van der Waals surface area contributed by atoms with Gasteiger partial charge in [-0.05, 0) is 50.2 Å². The Morgan fingerprint density at radius 1 is 1.61 bits per heavy atom. The molecule has 0 spiro atoms. The van der Waals surface area contributed by atoms with Crippen molar-refractivity contribution in [3.63, 3.8) is 0 Å². The zero-order chi connectivity index (χ0) is 13.0. The molecule has 2 N–H and O–H groups in total. The molecule has 1 fully saturated rings. The number of aliphatic hydroxyl groups excluding tert-OH is 1. The zero-order valence-corrected chi connectivity index (χ0v) is 12.2. The second-order valence-corrected chi connectivity index (χ2v) is 6.10. The molecule has 18 heavy (non-hydrogen) atoms. The van der Waals surface area contributed by atoms with Crippen LogP contribution in [0.2, 0.25) is 0 Å². The summed E-state index contributed by atoms with van der Waals surface area (Å²) in [5, 5.41) is 15.0. The number of rotatable bonds is 6. The number of aryl methyl sites for hydroxylation is 1. The van der Waals surface area contributed by atoms with Gasteiger partial charge in [-0.25, -0.2) is 0 Å². The second-order valence-electron chi connectivity index (χ2n) is 5.16. The van der Waals surface area contributed by atoms with Gasteiger partial charge >= 0.3 is 0 Å². The maximum Gasteiger partial charge on any atom is 0.0558 e. The first-order chi connectivity index (χ1) is 8.72. The van der Waals surface area contributed by atoms with E-state index < -0.39 is 0 Å². The Labute approximate surface area is 114 Å². The average molecular weight is 268 g/mol. The van der Waals surface area contributed by atoms with Gasteiger partial charge in [-0.1, -0.05) is 0 Å². The van der Waals surface area contributed by atoms with Crippen LogP contribution in [0.15, 0.2) is 11.4 Å². The van der Waals surface area contributed by atoms with E-state index in [1.165, 1.54) is 23.3 Å². The van der Waals surface area contributed by atoms with Gasteiger partial charge in [0.05, 0.1) is 6.61 Å². The highest BCUT2D eigenvalue weighted by atomic mass is 32.1. The van der Waals surface area contributed by atoms with E-state index in [1.54, 1.807) is 0 Å². The van der Waals surface area contributed by atoms with Gasteiger partial charge in [0.25, 0.3) is 0 Å². The van der Waals surface area contributed by atoms with Gasteiger partial charge in [0.2, 0.25) is 0 Å². The quantitative estimate of drug-likeness (QED) is 0.830. The number of thiophene rings is 1. The minimum atomic E-state index is 0.238. The minimum absolute atomic E-state index is 0.238. The van der Waals surface area contributed by atoms with Crippen molar-refractivity contribution >= 4 is 11.3 Å². The highest BCUT2D eigenvalue weighted by Crippen LogP contribution is 2.28. The van der Waals surface area contributed by atoms with Gasteiger partial charge in [-0.15, -0.1) is 11.3 Å². The lowest BCUT2D eigenvalue weighted by Gasteiger charge is -2.30. The molecule has 1 aliphatic rings. The molecule has 2 rings (SSSR count). The first-order valence-electron chi connectivity index (χ1n) is 6.84. The molecule has 0 saturated carbocycles. The van der Waals surface area contributed by atoms with Crippen LogP contribution < -0.4 is 5.32 Å². The van der Waals surface area contributed by atoms with Crippen LogP contribution >= 0.6 is 11.3 Å². The smallest absolute Gasteiger partial charge is 0.0558 e. The van der Waals surface area contributed by atoms with Gasteiger partial charge in [-0.2, -0.15) is 0 Å². The molecule has 1 aromatic rings. The minimum Gasteiger partial charge on any atom is -0.395 e. The molecule has 2 heterocycles. The Hall–Kier alpha value is -0.420. The van der Waals surface area contributed by atoms with E-state index in [0.717, 1.165) is 19.6 Å². The van der Waals surface area contributed by atoms with Crippen LogP contribution in [0.4, 0.5) is 0 Å². The van der Waals surface area contributed by atoms with Crippen LogP contribution in [-0.4, -0.2) is 42.3 Å². The fourth-order valence-corrected chi connectivity index (χ4v) is 3.76. The zero-order valence-electron chi connectivity index (χ0n) is 11.4. The normalized spacial score (nSPS) is 21.7. The van der Waals surface area contributed by atoms with Crippen LogP contribution in [0.3, 0.4) is 0 Å². The van der Waals surface area contributed by atoms with Crippen molar-refractivity contribution in [2.75, 3.05) is 26.2 Å². The van der Waals surface area contributed by atoms with Crippen molar-refractivity contribution in [2.24, 2.45) is 0 Å². The lowest BCUT2D eigenvalue weighted by Crippen LogP contribution is -2.40. The van der Waals surface area contributed by atoms with E-state index in [0.29, 0.717) is 12.1 Å². The van der Waals surface area contributed by atoms with Crippen molar-refractivity contribution in [3.8, 4) is 0 Å². The molecular weight excluding hydrogens is 244 g/mol. The average Bonchev–Trinajstić information content (AvgIpc) is 2.99. The molecule has 3 nitrogen and oxygen atoms in total. The van der Waals surface area contributed by atoms with Gasteiger partial charge in [0, 0.05) is 30.1 Å². The summed E-state index contributed by atoms with van der Waals surface area (Å²) in [7, 11) is 0. The van der Waals surface area contributed by atoms with Crippen molar-refractivity contribution in [1.82, 2.24) is 10.2 Å². The fourth-order valence-electron chi connectivity index (χ4n) is 2.75. The molecule has 0 aliphatic carbocycles. The topological polar surface area (TPSA) is 35.5 Å². The second kappa shape index (κ2) is 6.66. The van der Waals surface area contributed by atoms with E-state index in [4.69, 9.17) is 0 Å². The van der Waals surface area contributed by atoms with Crippen molar-refractivity contribution in [1.29, 1.82) is 0 Å². The predicted molar refractivity (Wildman–Crippen MR) is 77.2 cm³/mol. The summed E-state index contributed by atoms with van der Waals surface area (Å²) in [5.74, 6) is 0. The van der Waals surface area contributed by atoms with Crippen LogP contribution in [0.1, 0.15) is 36.2 Å². The van der Waals surface area contributed by atoms with Crippen LogP contribution in [0.5, 0.6) is 0 Å². The third-order valence-electron chi connectivity index (χ3n) is 3.83. The van der Waals surface area contributed by atoms with E-state index in [9.17, 15) is 5.11 Å². The van der Waals surface area contributed by atoms with Gasteiger partial charge < -0.3 is 10.4 Å². The lowest BCUT2D eigenvalue weighted by atomic mass is 10.1. The standard InChI is InChI=1S/C14H24N2OS/c1-11-5-9-18-14(11)12(2)16(7-8-17)10-13-4-3-6-15-13/h5,9,12-13,15,17H,3-4,6-8,10H2,1-2H3. The molecular formula is C14H24N2OS. The molecule has 1 saturated heterocycles. The Kier molecular flexibility index (Phi) is 5.18. The number of hydrogen-bond acceptors (Lipinski definition) is 4. The van der Waals surface area contributed by atoms with Crippen LogP contribution in [-0.2, 0) is 0 Å². The van der Waals surface area contributed by atoms with E-state index in [1.807, 2.05) is 11.3 Å². The van der Waals surface area contributed by atoms with Crippen LogP contribution in [0, 0.1) is 6.92 Å². The molecule has 0 amide bonds. The molecule has 0 radical (unpaired) electrons. The summed E-state index contributed by atoms with van der Waals surface area (Å²) in [6.07, 6.45) is 2.54. The lowest BCUT2D eigenvalue weighted by molar-refractivity contribution is 0.149. The highest BCUT2D eigenvalue weighted by molar-refractivity contribution is 7.10. The van der Waals surface area contributed by atoms with E-state index in [-0.39, 0.29) is 6.61 Å². The van der Waals surface area contributed by atoms with Gasteiger partial charge in [0.15, 0.2) is 0 Å². The molecule has 4 heteroatoms. The monoisotopic (exact) mass is 268 g/mol. The van der Waals surface area contributed by atoms with Crippen molar-refractivity contribution in [2.45, 2.75) is 38.8 Å². The number of aliphatic hydroxyl groups is 1. The fraction of sp³-hybridized carbons (Fsp3) is 0.714. The first kappa shape index (κ1) is 14.0. The van der Waals surface area contributed by atoms with Crippen molar-refractivity contribution in [3.05, 3.63) is 21.9 Å².